The van der Waals surface area contributed by atoms with E-state index in [-0.39, 0.29) is 4.87 Å². The van der Waals surface area contributed by atoms with Gasteiger partial charge in [0.15, 0.2) is 0 Å². The Hall–Kier alpha value is 0.270. The van der Waals surface area contributed by atoms with Crippen molar-refractivity contribution in [2.24, 2.45) is 0 Å². The van der Waals surface area contributed by atoms with Crippen LogP contribution in [0.2, 0.25) is 0 Å². The fourth-order valence-corrected chi connectivity index (χ4v) is 2.85. The molecule has 3 heteroatoms. The quantitative estimate of drug-likeness (QED) is 0.732. The molecule has 0 aliphatic carbocycles. The predicted octanol–water partition coefficient (Wildman–Crippen LogP) is 1.85. The molecule has 72 valence electrons. The van der Waals surface area contributed by atoms with Crippen LogP contribution >= 0.6 is 11.8 Å². The minimum atomic E-state index is 0.147. The largest absolute Gasteiger partial charge is 0.379 e. The van der Waals surface area contributed by atoms with Gasteiger partial charge in [-0.25, -0.2) is 0 Å². The highest BCUT2D eigenvalue weighted by Gasteiger charge is 2.30. The molecule has 1 fully saturated rings. The first kappa shape index (κ1) is 10.4. The average Bonchev–Trinajstić information content (AvgIpc) is 2.01. The van der Waals surface area contributed by atoms with Gasteiger partial charge < -0.3 is 4.74 Å². The second-order valence-corrected chi connectivity index (χ2v) is 5.15. The van der Waals surface area contributed by atoms with Crippen molar-refractivity contribution in [1.29, 1.82) is 0 Å². The van der Waals surface area contributed by atoms with Crippen LogP contribution in [0.4, 0.5) is 0 Å². The molecule has 0 bridgehead atoms. The molecule has 1 heterocycles. The lowest BCUT2D eigenvalue weighted by atomic mass is 10.2. The van der Waals surface area contributed by atoms with Gasteiger partial charge in [-0.05, 0) is 32.9 Å². The summed E-state index contributed by atoms with van der Waals surface area (Å²) in [5.74, 6) is 1.25. The van der Waals surface area contributed by atoms with E-state index in [1.165, 1.54) is 12.2 Å². The number of rotatable bonds is 3. The van der Waals surface area contributed by atoms with Crippen LogP contribution in [0.25, 0.3) is 0 Å². The third-order valence-corrected chi connectivity index (χ3v) is 3.42. The van der Waals surface area contributed by atoms with Crippen molar-refractivity contribution in [3.05, 3.63) is 0 Å². The molecule has 1 rings (SSSR count). The van der Waals surface area contributed by atoms with Crippen LogP contribution in [-0.2, 0) is 4.74 Å². The standard InChI is InChI=1S/C9H19NOS/c1-4-11-7-9(3)10-8(2)5-6-12-9/h8,10H,4-7H2,1-3H3. The van der Waals surface area contributed by atoms with Crippen molar-refractivity contribution < 1.29 is 4.74 Å². The van der Waals surface area contributed by atoms with Gasteiger partial charge in [-0.3, -0.25) is 5.32 Å². The summed E-state index contributed by atoms with van der Waals surface area (Å²) in [6.07, 6.45) is 1.27. The topological polar surface area (TPSA) is 21.3 Å². The molecule has 1 aliphatic heterocycles. The first-order chi connectivity index (χ1) is 5.66. The number of ether oxygens (including phenoxy) is 1. The molecular formula is C9H19NOS. The van der Waals surface area contributed by atoms with E-state index in [0.717, 1.165) is 13.2 Å². The molecule has 2 atom stereocenters. The van der Waals surface area contributed by atoms with Gasteiger partial charge in [-0.2, -0.15) is 0 Å². The summed E-state index contributed by atoms with van der Waals surface area (Å²) in [6, 6.07) is 0.636. The SMILES string of the molecule is CCOCC1(C)NC(C)CCS1. The Morgan fingerprint density at radius 1 is 1.67 bits per heavy atom. The van der Waals surface area contributed by atoms with Gasteiger partial charge in [0, 0.05) is 12.6 Å². The van der Waals surface area contributed by atoms with E-state index in [1.54, 1.807) is 0 Å². The molecule has 0 spiro atoms. The van der Waals surface area contributed by atoms with Crippen molar-refractivity contribution in [3.8, 4) is 0 Å². The molecule has 0 saturated carbocycles. The molecule has 0 aromatic carbocycles. The van der Waals surface area contributed by atoms with Gasteiger partial charge >= 0.3 is 0 Å². The van der Waals surface area contributed by atoms with E-state index in [2.05, 4.69) is 19.2 Å². The highest BCUT2D eigenvalue weighted by Crippen LogP contribution is 2.28. The zero-order chi connectivity index (χ0) is 9.03. The van der Waals surface area contributed by atoms with E-state index in [9.17, 15) is 0 Å². The second-order valence-electron chi connectivity index (χ2n) is 3.55. The van der Waals surface area contributed by atoms with Gasteiger partial charge in [0.05, 0.1) is 11.5 Å². The Bertz CT molecular complexity index is 142. The van der Waals surface area contributed by atoms with E-state index in [0.29, 0.717) is 6.04 Å². The van der Waals surface area contributed by atoms with Crippen molar-refractivity contribution in [2.75, 3.05) is 19.0 Å². The van der Waals surface area contributed by atoms with Crippen molar-refractivity contribution in [2.45, 2.75) is 38.1 Å². The molecule has 0 amide bonds. The summed E-state index contributed by atoms with van der Waals surface area (Å²) >= 11 is 1.97. The number of hydrogen-bond acceptors (Lipinski definition) is 3. The van der Waals surface area contributed by atoms with Crippen molar-refractivity contribution in [1.82, 2.24) is 5.32 Å². The maximum Gasteiger partial charge on any atom is 0.0855 e. The van der Waals surface area contributed by atoms with Gasteiger partial charge in [0.25, 0.3) is 0 Å². The highest BCUT2D eigenvalue weighted by molar-refractivity contribution is 8.00. The average molecular weight is 189 g/mol. The first-order valence-corrected chi connectivity index (χ1v) is 5.64. The van der Waals surface area contributed by atoms with E-state index < -0.39 is 0 Å². The summed E-state index contributed by atoms with van der Waals surface area (Å²) in [5.41, 5.74) is 0. The third-order valence-electron chi connectivity index (χ3n) is 2.10. The lowest BCUT2D eigenvalue weighted by Crippen LogP contribution is -2.51. The Labute approximate surface area is 79.4 Å². The molecule has 1 N–H and O–H groups in total. The molecule has 0 aromatic heterocycles. The lowest BCUT2D eigenvalue weighted by molar-refractivity contribution is 0.112. The molecule has 2 nitrogen and oxygen atoms in total. The lowest BCUT2D eigenvalue weighted by Gasteiger charge is -2.37. The van der Waals surface area contributed by atoms with Crippen LogP contribution in [0.1, 0.15) is 27.2 Å². The highest BCUT2D eigenvalue weighted by atomic mass is 32.2. The number of hydrogen-bond donors (Lipinski definition) is 1. The van der Waals surface area contributed by atoms with Gasteiger partial charge in [-0.15, -0.1) is 11.8 Å². The second kappa shape index (κ2) is 4.49. The van der Waals surface area contributed by atoms with Gasteiger partial charge in [0.1, 0.15) is 0 Å². The maximum absolute atomic E-state index is 5.44. The summed E-state index contributed by atoms with van der Waals surface area (Å²) in [6.45, 7) is 8.14. The smallest absolute Gasteiger partial charge is 0.0855 e. The van der Waals surface area contributed by atoms with Crippen LogP contribution in [-0.4, -0.2) is 29.9 Å². The fraction of sp³-hybridized carbons (Fsp3) is 1.00. The van der Waals surface area contributed by atoms with E-state index >= 15 is 0 Å². The van der Waals surface area contributed by atoms with Crippen LogP contribution in [0.3, 0.4) is 0 Å². The Morgan fingerprint density at radius 3 is 3.00 bits per heavy atom. The van der Waals surface area contributed by atoms with Crippen LogP contribution in [0, 0.1) is 0 Å². The molecule has 0 radical (unpaired) electrons. The minimum absolute atomic E-state index is 0.147. The Morgan fingerprint density at radius 2 is 2.42 bits per heavy atom. The predicted molar refractivity (Wildman–Crippen MR) is 54.6 cm³/mol. The normalized spacial score (nSPS) is 36.8. The number of thioether (sulfide) groups is 1. The van der Waals surface area contributed by atoms with Crippen LogP contribution < -0.4 is 5.32 Å². The molecule has 1 saturated heterocycles. The Kier molecular flexibility index (Phi) is 3.87. The van der Waals surface area contributed by atoms with Gasteiger partial charge in [-0.1, -0.05) is 0 Å². The van der Waals surface area contributed by atoms with Crippen molar-refractivity contribution >= 4 is 11.8 Å². The van der Waals surface area contributed by atoms with E-state index in [1.807, 2.05) is 18.7 Å². The van der Waals surface area contributed by atoms with Crippen LogP contribution in [0.5, 0.6) is 0 Å². The van der Waals surface area contributed by atoms with Crippen LogP contribution in [0.15, 0.2) is 0 Å². The zero-order valence-corrected chi connectivity index (χ0v) is 9.04. The summed E-state index contributed by atoms with van der Waals surface area (Å²) in [7, 11) is 0. The summed E-state index contributed by atoms with van der Waals surface area (Å²) < 4.78 is 5.44. The molecule has 2 unspecified atom stereocenters. The molecular weight excluding hydrogens is 170 g/mol. The Balaban J connectivity index is 2.35. The van der Waals surface area contributed by atoms with Crippen molar-refractivity contribution in [3.63, 3.8) is 0 Å². The third kappa shape index (κ3) is 2.96. The first-order valence-electron chi connectivity index (χ1n) is 4.66. The fourth-order valence-electron chi connectivity index (χ4n) is 1.48. The monoisotopic (exact) mass is 189 g/mol. The van der Waals surface area contributed by atoms with Gasteiger partial charge in [0.2, 0.25) is 0 Å². The van der Waals surface area contributed by atoms with E-state index in [4.69, 9.17) is 4.74 Å². The number of nitrogens with one attached hydrogen (secondary N) is 1. The minimum Gasteiger partial charge on any atom is -0.379 e. The molecule has 0 aromatic rings. The zero-order valence-electron chi connectivity index (χ0n) is 8.22. The summed E-state index contributed by atoms with van der Waals surface area (Å²) in [5, 5.41) is 3.57. The summed E-state index contributed by atoms with van der Waals surface area (Å²) in [4.78, 5) is 0.147. The maximum atomic E-state index is 5.44. The molecule has 1 aliphatic rings. The molecule has 12 heavy (non-hydrogen) atoms.